The molecule has 0 aromatic rings. The predicted octanol–water partition coefficient (Wildman–Crippen LogP) is 3.91. The summed E-state index contributed by atoms with van der Waals surface area (Å²) in [6.45, 7) is 20.8. The molecule has 0 amide bonds. The normalized spacial score (nSPS) is 22.0. The van der Waals surface area contributed by atoms with E-state index in [4.69, 9.17) is 10.2 Å². The Morgan fingerprint density at radius 2 is 0.939 bits per heavy atom. The van der Waals surface area contributed by atoms with Gasteiger partial charge >= 0.3 is 194 Å². The van der Waals surface area contributed by atoms with E-state index in [-0.39, 0.29) is 0 Å². The van der Waals surface area contributed by atoms with E-state index in [1.54, 1.807) is 11.1 Å². The Hall–Kier alpha value is 0.104. The van der Waals surface area contributed by atoms with Gasteiger partial charge in [-0.15, -0.1) is 0 Å². The minimum absolute atomic E-state index is 0.750. The average Bonchev–Trinajstić information content (AvgIpc) is 3.60. The molecule has 4 rings (SSSR count). The van der Waals surface area contributed by atoms with Crippen LogP contribution in [0.1, 0.15) is 52.4 Å². The van der Waals surface area contributed by atoms with Gasteiger partial charge in [0.2, 0.25) is 0 Å². The molecule has 0 saturated carbocycles. The van der Waals surface area contributed by atoms with Gasteiger partial charge in [-0.2, -0.15) is 14.2 Å². The standard InChI is InChI=1S/2C12H20NSi.2CH3O.Hf/c2*1-11-7-6-8-12(11)14(2,3)13-9-4-5-10-13;2*1-2;/h2*7H,4-6,9-10H2,1-3H3;2*1H3;/q;;2*-1;+2. The van der Waals surface area contributed by atoms with Crippen molar-refractivity contribution >= 4 is 16.5 Å². The van der Waals surface area contributed by atoms with Crippen molar-refractivity contribution in [1.82, 2.24) is 9.13 Å². The van der Waals surface area contributed by atoms with Crippen LogP contribution in [0.2, 0.25) is 26.2 Å². The minimum Gasteiger partial charge on any atom is -0.857 e. The van der Waals surface area contributed by atoms with Crippen molar-refractivity contribution in [2.75, 3.05) is 40.4 Å². The van der Waals surface area contributed by atoms with E-state index in [0.717, 1.165) is 14.2 Å². The number of hydrogen-bond donors (Lipinski definition) is 0. The van der Waals surface area contributed by atoms with Crippen molar-refractivity contribution < 1.29 is 33.1 Å². The minimum atomic E-state index is -1.49. The molecule has 7 heteroatoms. The van der Waals surface area contributed by atoms with Gasteiger partial charge < -0.3 is 10.2 Å². The zero-order chi connectivity index (χ0) is 24.8. The fraction of sp³-hybridized carbons (Fsp3) is 0.692. The summed E-state index contributed by atoms with van der Waals surface area (Å²) in [6, 6.07) is 0. The first-order valence-corrected chi connectivity index (χ1v) is 22.1. The smallest absolute Gasteiger partial charge is 0.153 e. The van der Waals surface area contributed by atoms with E-state index < -0.39 is 39.4 Å². The third-order valence-corrected chi connectivity index (χ3v) is 23.1. The van der Waals surface area contributed by atoms with Crippen molar-refractivity contribution in [3.8, 4) is 0 Å². The second kappa shape index (κ2) is 12.9. The van der Waals surface area contributed by atoms with Crippen LogP contribution in [0.3, 0.4) is 0 Å². The molecule has 0 aromatic carbocycles. The fourth-order valence-electron chi connectivity index (χ4n) is 6.38. The summed E-state index contributed by atoms with van der Waals surface area (Å²) in [7, 11) is -1.48. The van der Waals surface area contributed by atoms with Gasteiger partial charge in [0.25, 0.3) is 0 Å². The maximum absolute atomic E-state index is 8.25. The number of allylic oxidation sites excluding steroid dienone is 8. The van der Waals surface area contributed by atoms with Gasteiger partial charge in [0.05, 0.1) is 0 Å². The van der Waals surface area contributed by atoms with E-state index in [0.29, 0.717) is 0 Å². The molecule has 2 fully saturated rings. The maximum atomic E-state index is 8.25. The molecule has 0 aromatic heterocycles. The summed E-state index contributed by atoms with van der Waals surface area (Å²) in [5.41, 5.74) is 3.30. The number of nitrogens with zero attached hydrogens (tertiary/aromatic N) is 2. The SMILES string of the molecule is CC1=CC[C]([Hf+2][C]2=C([Si](C)(C)N3CCCC3)C(C)=CC2)=C1[Si](C)(C)N1CCCC1.C[O-].C[O-]. The Bertz CT molecular complexity index is 737. The molecule has 0 unspecified atom stereocenters. The average molecular weight is 653 g/mol. The monoisotopic (exact) mass is 654 g/mol. The van der Waals surface area contributed by atoms with Gasteiger partial charge in [0.15, 0.2) is 0 Å². The third kappa shape index (κ3) is 6.27. The first-order valence-electron chi connectivity index (χ1n) is 12.6. The van der Waals surface area contributed by atoms with Crippen LogP contribution in [0.15, 0.2) is 40.4 Å². The summed E-state index contributed by atoms with van der Waals surface area (Å²) in [6.07, 6.45) is 13.4. The van der Waals surface area contributed by atoms with Crippen LogP contribution < -0.4 is 10.2 Å². The molecule has 184 valence electrons. The maximum Gasteiger partial charge on any atom is -0.153 e. The quantitative estimate of drug-likeness (QED) is 0.409. The molecule has 0 atom stereocenters. The summed E-state index contributed by atoms with van der Waals surface area (Å²) in [5.74, 6) is 0. The Balaban J connectivity index is 0.000000914. The van der Waals surface area contributed by atoms with Crippen LogP contribution in [0.5, 0.6) is 0 Å². The zero-order valence-electron chi connectivity index (χ0n) is 22.4. The zero-order valence-corrected chi connectivity index (χ0v) is 28.0. The second-order valence-electron chi connectivity index (χ2n) is 10.5. The molecule has 4 aliphatic rings. The summed E-state index contributed by atoms with van der Waals surface area (Å²) >= 11 is -0.966. The molecule has 4 nitrogen and oxygen atoms in total. The predicted molar refractivity (Wildman–Crippen MR) is 139 cm³/mol. The fourth-order valence-corrected chi connectivity index (χ4v) is 26.4. The van der Waals surface area contributed by atoms with Crippen molar-refractivity contribution in [3.05, 3.63) is 40.4 Å². The molecule has 2 heterocycles. The van der Waals surface area contributed by atoms with Crippen LogP contribution in [-0.4, -0.2) is 66.0 Å². The molecule has 0 spiro atoms. The molecule has 0 N–H and O–H groups in total. The van der Waals surface area contributed by atoms with Crippen molar-refractivity contribution in [2.45, 2.75) is 78.6 Å². The first-order chi connectivity index (χ1) is 15.7. The Labute approximate surface area is 217 Å². The number of hydrogen-bond acceptors (Lipinski definition) is 4. The molecular formula is C26H46HfN2O2Si2. The van der Waals surface area contributed by atoms with Crippen LogP contribution >= 0.6 is 0 Å². The molecular weight excluding hydrogens is 607 g/mol. The van der Waals surface area contributed by atoms with E-state index in [1.165, 1.54) is 64.7 Å². The molecule has 33 heavy (non-hydrogen) atoms. The van der Waals surface area contributed by atoms with Gasteiger partial charge in [-0.05, 0) is 0 Å². The van der Waals surface area contributed by atoms with E-state index in [9.17, 15) is 0 Å². The van der Waals surface area contributed by atoms with Crippen LogP contribution in [-0.2, 0) is 22.9 Å². The summed E-state index contributed by atoms with van der Waals surface area (Å²) in [5, 5.41) is 20.3. The largest absolute Gasteiger partial charge is 0.857 e. The molecule has 2 saturated heterocycles. The molecule has 0 bridgehead atoms. The van der Waals surface area contributed by atoms with Crippen LogP contribution in [0, 0.1) is 0 Å². The molecule has 2 aliphatic heterocycles. The third-order valence-electron chi connectivity index (χ3n) is 7.94. The summed E-state index contributed by atoms with van der Waals surface area (Å²) in [4.78, 5) is 0. The second-order valence-corrected chi connectivity index (χ2v) is 24.3. The van der Waals surface area contributed by atoms with Crippen molar-refractivity contribution in [2.24, 2.45) is 0 Å². The van der Waals surface area contributed by atoms with Crippen molar-refractivity contribution in [3.63, 3.8) is 0 Å². The van der Waals surface area contributed by atoms with Gasteiger partial charge in [-0.1, -0.05) is 0 Å². The van der Waals surface area contributed by atoms with Gasteiger partial charge in [0.1, 0.15) is 0 Å². The van der Waals surface area contributed by atoms with E-state index in [2.05, 4.69) is 61.3 Å². The van der Waals surface area contributed by atoms with Crippen molar-refractivity contribution in [1.29, 1.82) is 0 Å². The Morgan fingerprint density at radius 3 is 1.24 bits per heavy atom. The molecule has 2 aliphatic carbocycles. The van der Waals surface area contributed by atoms with E-state index in [1.807, 2.05) is 17.1 Å². The van der Waals surface area contributed by atoms with Crippen LogP contribution in [0.4, 0.5) is 0 Å². The topological polar surface area (TPSA) is 52.6 Å². The molecule has 0 radical (unpaired) electrons. The first kappa shape index (κ1) is 29.3. The summed E-state index contributed by atoms with van der Waals surface area (Å²) < 4.78 is 9.75. The van der Waals surface area contributed by atoms with Gasteiger partial charge in [0, 0.05) is 0 Å². The Morgan fingerprint density at radius 1 is 0.636 bits per heavy atom. The van der Waals surface area contributed by atoms with E-state index >= 15 is 0 Å². The van der Waals surface area contributed by atoms with Gasteiger partial charge in [-0.25, -0.2) is 0 Å². The van der Waals surface area contributed by atoms with Gasteiger partial charge in [-0.3, -0.25) is 0 Å². The van der Waals surface area contributed by atoms with Crippen LogP contribution in [0.25, 0.3) is 0 Å². The number of rotatable bonds is 6. The Kier molecular flexibility index (Phi) is 11.5.